The van der Waals surface area contributed by atoms with Gasteiger partial charge < -0.3 is 10.6 Å². The fourth-order valence-electron chi connectivity index (χ4n) is 2.12. The molecule has 1 atom stereocenters. The molecule has 1 saturated heterocycles. The zero-order chi connectivity index (χ0) is 10.7. The normalized spacial score (nSPS) is 18.2. The van der Waals surface area contributed by atoms with Crippen molar-refractivity contribution in [2.45, 2.75) is 18.9 Å². The van der Waals surface area contributed by atoms with E-state index < -0.39 is 0 Å². The molecule has 0 aromatic heterocycles. The summed E-state index contributed by atoms with van der Waals surface area (Å²) in [6.45, 7) is 1.34. The van der Waals surface area contributed by atoms with E-state index in [1.807, 2.05) is 35.2 Å². The molecule has 80 valence electrons. The summed E-state index contributed by atoms with van der Waals surface area (Å²) in [6.07, 6.45) is 1.63. The van der Waals surface area contributed by atoms with Crippen LogP contribution in [0.2, 0.25) is 0 Å². The molecule has 1 heterocycles. The fourth-order valence-corrected chi connectivity index (χ4v) is 2.12. The van der Waals surface area contributed by atoms with Crippen molar-refractivity contribution in [3.63, 3.8) is 0 Å². The van der Waals surface area contributed by atoms with Crippen LogP contribution in [0, 0.1) is 0 Å². The van der Waals surface area contributed by atoms with Crippen molar-refractivity contribution in [2.75, 3.05) is 13.1 Å². The van der Waals surface area contributed by atoms with E-state index in [0.29, 0.717) is 13.0 Å². The Labute approximate surface area is 89.9 Å². The van der Waals surface area contributed by atoms with Crippen molar-refractivity contribution in [2.24, 2.45) is 5.73 Å². The summed E-state index contributed by atoms with van der Waals surface area (Å²) in [5.41, 5.74) is 6.89. The minimum atomic E-state index is 0.0567. The maximum atomic E-state index is 11.6. The second-order valence-electron chi connectivity index (χ2n) is 3.85. The summed E-state index contributed by atoms with van der Waals surface area (Å²) < 4.78 is 0. The average Bonchev–Trinajstić information content (AvgIpc) is 2.68. The summed E-state index contributed by atoms with van der Waals surface area (Å²) in [4.78, 5) is 13.5. The zero-order valence-corrected chi connectivity index (χ0v) is 8.73. The van der Waals surface area contributed by atoms with Gasteiger partial charge in [-0.15, -0.1) is 0 Å². The molecule has 0 radical (unpaired) electrons. The molecule has 1 amide bonds. The van der Waals surface area contributed by atoms with Crippen LogP contribution in [0.25, 0.3) is 0 Å². The van der Waals surface area contributed by atoms with Gasteiger partial charge in [-0.2, -0.15) is 0 Å². The number of likely N-dealkylation sites (tertiary alicyclic amines) is 1. The Balaban J connectivity index is 2.20. The molecule has 3 heteroatoms. The van der Waals surface area contributed by atoms with Crippen molar-refractivity contribution in [3.05, 3.63) is 35.9 Å². The van der Waals surface area contributed by atoms with E-state index in [9.17, 15) is 4.79 Å². The van der Waals surface area contributed by atoms with Gasteiger partial charge in [-0.25, -0.2) is 0 Å². The van der Waals surface area contributed by atoms with Gasteiger partial charge in [0, 0.05) is 19.5 Å². The van der Waals surface area contributed by atoms with Gasteiger partial charge in [0.2, 0.25) is 5.91 Å². The number of carbonyl (C=O) groups excluding carboxylic acids is 1. The monoisotopic (exact) mass is 204 g/mol. The first-order valence-corrected chi connectivity index (χ1v) is 5.37. The SMILES string of the molecule is NCC(c1ccccc1)N1CCCC1=O. The van der Waals surface area contributed by atoms with Crippen LogP contribution < -0.4 is 5.73 Å². The Morgan fingerprint density at radius 3 is 2.60 bits per heavy atom. The van der Waals surface area contributed by atoms with Gasteiger partial charge >= 0.3 is 0 Å². The lowest BCUT2D eigenvalue weighted by molar-refractivity contribution is -0.129. The van der Waals surface area contributed by atoms with Gasteiger partial charge in [0.15, 0.2) is 0 Å². The minimum absolute atomic E-state index is 0.0567. The molecular weight excluding hydrogens is 188 g/mol. The van der Waals surface area contributed by atoms with Gasteiger partial charge in [0.05, 0.1) is 6.04 Å². The number of hydrogen-bond acceptors (Lipinski definition) is 2. The number of benzene rings is 1. The summed E-state index contributed by atoms with van der Waals surface area (Å²) in [7, 11) is 0. The average molecular weight is 204 g/mol. The van der Waals surface area contributed by atoms with Crippen LogP contribution >= 0.6 is 0 Å². The maximum absolute atomic E-state index is 11.6. The quantitative estimate of drug-likeness (QED) is 0.807. The standard InChI is InChI=1S/C12H16N2O/c13-9-11(10-5-2-1-3-6-10)14-8-4-7-12(14)15/h1-3,5-6,11H,4,7-9,13H2. The molecule has 1 aliphatic rings. The van der Waals surface area contributed by atoms with Crippen LogP contribution in [-0.2, 0) is 4.79 Å². The first kappa shape index (κ1) is 10.2. The van der Waals surface area contributed by atoms with E-state index in [4.69, 9.17) is 5.73 Å². The molecule has 1 unspecified atom stereocenters. The third kappa shape index (κ3) is 2.02. The molecule has 1 fully saturated rings. The zero-order valence-electron chi connectivity index (χ0n) is 8.73. The smallest absolute Gasteiger partial charge is 0.223 e. The van der Waals surface area contributed by atoms with Crippen molar-refractivity contribution in [1.29, 1.82) is 0 Å². The Bertz CT molecular complexity index is 337. The van der Waals surface area contributed by atoms with E-state index >= 15 is 0 Å². The Morgan fingerprint density at radius 2 is 2.07 bits per heavy atom. The second kappa shape index (κ2) is 4.45. The highest BCUT2D eigenvalue weighted by atomic mass is 16.2. The lowest BCUT2D eigenvalue weighted by Gasteiger charge is -2.26. The van der Waals surface area contributed by atoms with Crippen LogP contribution in [0.4, 0.5) is 0 Å². The molecular formula is C12H16N2O. The molecule has 2 rings (SSSR count). The lowest BCUT2D eigenvalue weighted by Crippen LogP contribution is -2.34. The molecule has 1 aliphatic heterocycles. The van der Waals surface area contributed by atoms with Gasteiger partial charge in [0.25, 0.3) is 0 Å². The van der Waals surface area contributed by atoms with E-state index in [0.717, 1.165) is 18.5 Å². The fraction of sp³-hybridized carbons (Fsp3) is 0.417. The van der Waals surface area contributed by atoms with Gasteiger partial charge in [0.1, 0.15) is 0 Å². The third-order valence-electron chi connectivity index (χ3n) is 2.89. The predicted molar refractivity (Wildman–Crippen MR) is 59.2 cm³/mol. The largest absolute Gasteiger partial charge is 0.334 e. The molecule has 0 bridgehead atoms. The number of nitrogens with zero attached hydrogens (tertiary/aromatic N) is 1. The molecule has 2 N–H and O–H groups in total. The van der Waals surface area contributed by atoms with Crippen LogP contribution in [-0.4, -0.2) is 23.9 Å². The first-order valence-electron chi connectivity index (χ1n) is 5.37. The summed E-state index contributed by atoms with van der Waals surface area (Å²) in [5.74, 6) is 0.231. The topological polar surface area (TPSA) is 46.3 Å². The highest BCUT2D eigenvalue weighted by Gasteiger charge is 2.27. The van der Waals surface area contributed by atoms with Crippen molar-refractivity contribution < 1.29 is 4.79 Å². The van der Waals surface area contributed by atoms with E-state index in [-0.39, 0.29) is 11.9 Å². The Morgan fingerprint density at radius 1 is 1.33 bits per heavy atom. The van der Waals surface area contributed by atoms with E-state index in [2.05, 4.69) is 0 Å². The lowest BCUT2D eigenvalue weighted by atomic mass is 10.1. The molecule has 15 heavy (non-hydrogen) atoms. The van der Waals surface area contributed by atoms with Crippen LogP contribution in [0.3, 0.4) is 0 Å². The Hall–Kier alpha value is -1.35. The van der Waals surface area contributed by atoms with Crippen molar-refractivity contribution >= 4 is 5.91 Å². The van der Waals surface area contributed by atoms with Crippen molar-refractivity contribution in [3.8, 4) is 0 Å². The summed E-state index contributed by atoms with van der Waals surface area (Å²) in [5, 5.41) is 0. The molecule has 3 nitrogen and oxygen atoms in total. The highest BCUT2D eigenvalue weighted by molar-refractivity contribution is 5.78. The number of nitrogens with two attached hydrogens (primary N) is 1. The second-order valence-corrected chi connectivity index (χ2v) is 3.85. The molecule has 0 spiro atoms. The highest BCUT2D eigenvalue weighted by Crippen LogP contribution is 2.24. The minimum Gasteiger partial charge on any atom is -0.334 e. The first-order chi connectivity index (χ1) is 7.33. The summed E-state index contributed by atoms with van der Waals surface area (Å²) in [6, 6.07) is 10.1. The van der Waals surface area contributed by atoms with Gasteiger partial charge in [-0.3, -0.25) is 4.79 Å². The van der Waals surface area contributed by atoms with Crippen molar-refractivity contribution in [1.82, 2.24) is 4.90 Å². The number of carbonyl (C=O) groups is 1. The molecule has 1 aromatic carbocycles. The van der Waals surface area contributed by atoms with Crippen LogP contribution in [0.15, 0.2) is 30.3 Å². The van der Waals surface area contributed by atoms with E-state index in [1.165, 1.54) is 0 Å². The van der Waals surface area contributed by atoms with Crippen LogP contribution in [0.1, 0.15) is 24.4 Å². The number of amides is 1. The maximum Gasteiger partial charge on any atom is 0.223 e. The number of rotatable bonds is 3. The Kier molecular flexibility index (Phi) is 3.02. The number of hydrogen-bond donors (Lipinski definition) is 1. The molecule has 1 aromatic rings. The third-order valence-corrected chi connectivity index (χ3v) is 2.89. The summed E-state index contributed by atoms with van der Waals surface area (Å²) >= 11 is 0. The predicted octanol–water partition coefficient (Wildman–Crippen LogP) is 1.31. The van der Waals surface area contributed by atoms with Gasteiger partial charge in [-0.05, 0) is 12.0 Å². The van der Waals surface area contributed by atoms with Gasteiger partial charge in [-0.1, -0.05) is 30.3 Å². The molecule has 0 saturated carbocycles. The van der Waals surface area contributed by atoms with Crippen LogP contribution in [0.5, 0.6) is 0 Å². The molecule has 0 aliphatic carbocycles. The van der Waals surface area contributed by atoms with E-state index in [1.54, 1.807) is 0 Å².